The van der Waals surface area contributed by atoms with Gasteiger partial charge in [0.05, 0.1) is 22.5 Å². The molecule has 0 aliphatic carbocycles. The summed E-state index contributed by atoms with van der Waals surface area (Å²) in [6.45, 7) is 0. The lowest BCUT2D eigenvalue weighted by Gasteiger charge is -2.09. The summed E-state index contributed by atoms with van der Waals surface area (Å²) in [4.78, 5) is 10.0. The smallest absolute Gasteiger partial charge is 0.172 e. The third-order valence-electron chi connectivity index (χ3n) is 2.99. The molecule has 108 valence electrons. The van der Waals surface area contributed by atoms with Crippen LogP contribution < -0.4 is 10.1 Å². The van der Waals surface area contributed by atoms with E-state index in [1.807, 2.05) is 11.4 Å². The van der Waals surface area contributed by atoms with E-state index in [0.29, 0.717) is 27.2 Å². The van der Waals surface area contributed by atoms with Gasteiger partial charge in [0.1, 0.15) is 11.6 Å². The minimum atomic E-state index is 0.501. The van der Waals surface area contributed by atoms with E-state index >= 15 is 0 Å². The number of thiophene rings is 1. The molecule has 0 atom stereocenters. The van der Waals surface area contributed by atoms with Crippen molar-refractivity contribution in [1.82, 2.24) is 9.97 Å². The van der Waals surface area contributed by atoms with Gasteiger partial charge in [0.15, 0.2) is 5.82 Å². The molecule has 0 aliphatic heterocycles. The highest BCUT2D eigenvalue weighted by Crippen LogP contribution is 2.35. The molecule has 3 aromatic rings. The van der Waals surface area contributed by atoms with Gasteiger partial charge in [-0.2, -0.15) is 0 Å². The molecule has 2 heterocycles. The monoisotopic (exact) mass is 339 g/mol. The molecule has 0 saturated carbocycles. The number of anilines is 1. The zero-order chi connectivity index (χ0) is 15.0. The summed E-state index contributed by atoms with van der Waals surface area (Å²) < 4.78 is 5.20. The third-order valence-corrected chi connectivity index (χ3v) is 4.40. The molecule has 0 aliphatic rings. The number of rotatable bonds is 3. The molecular formula is C14H11Cl2N3OS. The first-order chi connectivity index (χ1) is 10.1. The van der Waals surface area contributed by atoms with Crippen LogP contribution in [0.25, 0.3) is 21.6 Å². The second kappa shape index (κ2) is 5.67. The maximum Gasteiger partial charge on any atom is 0.172 e. The van der Waals surface area contributed by atoms with Gasteiger partial charge < -0.3 is 10.1 Å². The standard InChI is InChI=1S/C14H11Cl2N3OS/c1-17-13-9-3-7(15)4-10(16)12(9)18-14(19-13)11-5-8(20-2)6-21-11/h3-6H,1-2H3,(H,17,18,19). The maximum atomic E-state index is 6.26. The highest BCUT2D eigenvalue weighted by atomic mass is 35.5. The van der Waals surface area contributed by atoms with Crippen LogP contribution in [-0.4, -0.2) is 24.1 Å². The molecule has 2 aromatic heterocycles. The summed E-state index contributed by atoms with van der Waals surface area (Å²) in [5, 5.41) is 6.82. The number of hydrogen-bond donors (Lipinski definition) is 1. The van der Waals surface area contributed by atoms with Gasteiger partial charge in [0.2, 0.25) is 0 Å². The normalized spacial score (nSPS) is 10.9. The zero-order valence-electron chi connectivity index (χ0n) is 11.3. The molecule has 7 heteroatoms. The lowest BCUT2D eigenvalue weighted by molar-refractivity contribution is 0.417. The first kappa shape index (κ1) is 14.4. The molecule has 1 aromatic carbocycles. The van der Waals surface area contributed by atoms with E-state index in [0.717, 1.165) is 16.0 Å². The Morgan fingerprint density at radius 1 is 1.19 bits per heavy atom. The molecule has 0 fully saturated rings. The number of hydrogen-bond acceptors (Lipinski definition) is 5. The van der Waals surface area contributed by atoms with Crippen LogP contribution in [0.2, 0.25) is 10.0 Å². The molecule has 0 bridgehead atoms. The van der Waals surface area contributed by atoms with E-state index in [-0.39, 0.29) is 0 Å². The number of nitrogens with zero attached hydrogens (tertiary/aromatic N) is 2. The van der Waals surface area contributed by atoms with Gasteiger partial charge in [-0.25, -0.2) is 9.97 Å². The van der Waals surface area contributed by atoms with Gasteiger partial charge in [-0.05, 0) is 12.1 Å². The van der Waals surface area contributed by atoms with Crippen molar-refractivity contribution in [1.29, 1.82) is 0 Å². The molecule has 0 radical (unpaired) electrons. The van der Waals surface area contributed by atoms with Crippen molar-refractivity contribution in [3.05, 3.63) is 33.6 Å². The lowest BCUT2D eigenvalue weighted by Crippen LogP contribution is -1.98. The SMILES string of the molecule is CNc1nc(-c2cc(OC)cs2)nc2c(Cl)cc(Cl)cc12. The average molecular weight is 340 g/mol. The van der Waals surface area contributed by atoms with E-state index in [2.05, 4.69) is 15.3 Å². The van der Waals surface area contributed by atoms with Crippen LogP contribution in [-0.2, 0) is 0 Å². The van der Waals surface area contributed by atoms with Gasteiger partial charge in [-0.1, -0.05) is 23.2 Å². The van der Waals surface area contributed by atoms with Crippen molar-refractivity contribution in [2.45, 2.75) is 0 Å². The van der Waals surface area contributed by atoms with Gasteiger partial charge >= 0.3 is 0 Å². The van der Waals surface area contributed by atoms with Gasteiger partial charge in [-0.3, -0.25) is 0 Å². The predicted molar refractivity (Wildman–Crippen MR) is 89.0 cm³/mol. The Balaban J connectivity index is 2.25. The first-order valence-corrected chi connectivity index (χ1v) is 7.73. The minimum Gasteiger partial charge on any atom is -0.496 e. The highest BCUT2D eigenvalue weighted by Gasteiger charge is 2.13. The quantitative estimate of drug-likeness (QED) is 0.750. The van der Waals surface area contributed by atoms with Crippen LogP contribution in [0.1, 0.15) is 0 Å². The van der Waals surface area contributed by atoms with E-state index < -0.39 is 0 Å². The minimum absolute atomic E-state index is 0.501. The lowest BCUT2D eigenvalue weighted by atomic mass is 10.2. The topological polar surface area (TPSA) is 47.0 Å². The molecule has 3 rings (SSSR count). The maximum absolute atomic E-state index is 6.26. The van der Waals surface area contributed by atoms with Crippen molar-refractivity contribution in [2.24, 2.45) is 0 Å². The molecular weight excluding hydrogens is 329 g/mol. The number of fused-ring (bicyclic) bond motifs is 1. The predicted octanol–water partition coefficient (Wildman–Crippen LogP) is 4.72. The summed E-state index contributed by atoms with van der Waals surface area (Å²) in [6, 6.07) is 5.37. The third kappa shape index (κ3) is 2.64. The van der Waals surface area contributed by atoms with Gasteiger partial charge in [0, 0.05) is 28.9 Å². The van der Waals surface area contributed by atoms with Crippen molar-refractivity contribution in [3.8, 4) is 16.5 Å². The Labute approximate surface area is 135 Å². The second-order valence-electron chi connectivity index (χ2n) is 4.28. The van der Waals surface area contributed by atoms with Crippen molar-refractivity contribution in [3.63, 3.8) is 0 Å². The number of halogens is 2. The Bertz CT molecular complexity index is 819. The molecule has 0 unspecified atom stereocenters. The van der Waals surface area contributed by atoms with Crippen LogP contribution in [0.5, 0.6) is 5.75 Å². The fraction of sp³-hybridized carbons (Fsp3) is 0.143. The number of aromatic nitrogens is 2. The largest absolute Gasteiger partial charge is 0.496 e. The molecule has 0 spiro atoms. The van der Waals surface area contributed by atoms with Crippen LogP contribution in [0.4, 0.5) is 5.82 Å². The summed E-state index contributed by atoms with van der Waals surface area (Å²) >= 11 is 13.8. The Morgan fingerprint density at radius 2 is 2.00 bits per heavy atom. The van der Waals surface area contributed by atoms with Crippen LogP contribution in [0, 0.1) is 0 Å². The van der Waals surface area contributed by atoms with E-state index in [9.17, 15) is 0 Å². The summed E-state index contributed by atoms with van der Waals surface area (Å²) in [5.41, 5.74) is 0.669. The number of nitrogens with one attached hydrogen (secondary N) is 1. The van der Waals surface area contributed by atoms with Crippen LogP contribution in [0.15, 0.2) is 23.6 Å². The van der Waals surface area contributed by atoms with Crippen molar-refractivity contribution >= 4 is 51.3 Å². The van der Waals surface area contributed by atoms with E-state index in [4.69, 9.17) is 27.9 Å². The van der Waals surface area contributed by atoms with Crippen molar-refractivity contribution in [2.75, 3.05) is 19.5 Å². The van der Waals surface area contributed by atoms with Gasteiger partial charge in [-0.15, -0.1) is 11.3 Å². The van der Waals surface area contributed by atoms with Crippen LogP contribution >= 0.6 is 34.5 Å². The van der Waals surface area contributed by atoms with Crippen LogP contribution in [0.3, 0.4) is 0 Å². The first-order valence-electron chi connectivity index (χ1n) is 6.10. The molecule has 21 heavy (non-hydrogen) atoms. The van der Waals surface area contributed by atoms with Crippen molar-refractivity contribution < 1.29 is 4.74 Å². The number of methoxy groups -OCH3 is 1. The fourth-order valence-corrected chi connectivity index (χ4v) is 3.32. The molecule has 0 saturated heterocycles. The Morgan fingerprint density at radius 3 is 2.67 bits per heavy atom. The van der Waals surface area contributed by atoms with E-state index in [1.54, 1.807) is 26.3 Å². The molecule has 0 amide bonds. The zero-order valence-corrected chi connectivity index (χ0v) is 13.6. The fourth-order valence-electron chi connectivity index (χ4n) is 2.00. The number of ether oxygens (including phenoxy) is 1. The summed E-state index contributed by atoms with van der Waals surface area (Å²) in [5.74, 6) is 2.07. The summed E-state index contributed by atoms with van der Waals surface area (Å²) in [7, 11) is 3.43. The van der Waals surface area contributed by atoms with Gasteiger partial charge in [0.25, 0.3) is 0 Å². The Kier molecular flexibility index (Phi) is 3.89. The molecule has 4 nitrogen and oxygen atoms in total. The average Bonchev–Trinajstić information content (AvgIpc) is 2.95. The number of benzene rings is 1. The van der Waals surface area contributed by atoms with E-state index in [1.165, 1.54) is 11.3 Å². The molecule has 1 N–H and O–H groups in total. The second-order valence-corrected chi connectivity index (χ2v) is 6.04. The highest BCUT2D eigenvalue weighted by molar-refractivity contribution is 7.13. The summed E-state index contributed by atoms with van der Waals surface area (Å²) in [6.07, 6.45) is 0. The Hall–Kier alpha value is -1.56.